The lowest BCUT2D eigenvalue weighted by Crippen LogP contribution is -2.03. The molecule has 0 radical (unpaired) electrons. The van der Waals surface area contributed by atoms with Gasteiger partial charge in [0.2, 0.25) is 0 Å². The van der Waals surface area contributed by atoms with Crippen LogP contribution in [0.25, 0.3) is 0 Å². The number of hydrogen-bond donors (Lipinski definition) is 1. The van der Waals surface area contributed by atoms with E-state index in [-0.39, 0.29) is 5.03 Å². The summed E-state index contributed by atoms with van der Waals surface area (Å²) in [5.41, 5.74) is 1.90. The molecule has 1 N–H and O–H groups in total. The van der Waals surface area contributed by atoms with Gasteiger partial charge in [-0.25, -0.2) is 13.4 Å². The van der Waals surface area contributed by atoms with E-state index in [0.717, 1.165) is 22.0 Å². The van der Waals surface area contributed by atoms with Gasteiger partial charge in [0.1, 0.15) is 0 Å². The molecule has 0 aliphatic carbocycles. The summed E-state index contributed by atoms with van der Waals surface area (Å²) in [6, 6.07) is 11.1. The van der Waals surface area contributed by atoms with Crippen LogP contribution in [0, 0.1) is 0 Å². The lowest BCUT2D eigenvalue weighted by Gasteiger charge is -2.08. The van der Waals surface area contributed by atoms with E-state index in [1.165, 1.54) is 12.3 Å². The average Bonchev–Trinajstić information content (AvgIpc) is 2.37. The van der Waals surface area contributed by atoms with Crippen molar-refractivity contribution in [2.45, 2.75) is 11.6 Å². The van der Waals surface area contributed by atoms with E-state index < -0.39 is 9.84 Å². The molecule has 0 saturated carbocycles. The summed E-state index contributed by atoms with van der Waals surface area (Å²) < 4.78 is 23.6. The Morgan fingerprint density at radius 3 is 2.53 bits per heavy atom. The van der Waals surface area contributed by atoms with Crippen LogP contribution < -0.4 is 5.32 Å². The predicted octanol–water partition coefficient (Wildman–Crippen LogP) is 2.86. The van der Waals surface area contributed by atoms with Crippen LogP contribution in [0.3, 0.4) is 0 Å². The summed E-state index contributed by atoms with van der Waals surface area (Å²) in [6.07, 6.45) is 2.66. The minimum atomic E-state index is -3.24. The molecule has 2 rings (SSSR count). The number of pyridine rings is 1. The number of halogens is 1. The van der Waals surface area contributed by atoms with E-state index in [1.807, 2.05) is 24.3 Å². The molecule has 0 spiro atoms. The van der Waals surface area contributed by atoms with Gasteiger partial charge in [-0.15, -0.1) is 0 Å². The Balaban J connectivity index is 2.07. The summed E-state index contributed by atoms with van der Waals surface area (Å²) in [7, 11) is -3.24. The van der Waals surface area contributed by atoms with Crippen LogP contribution in [0.2, 0.25) is 0 Å². The fourth-order valence-corrected chi connectivity index (χ4v) is 2.53. The summed E-state index contributed by atoms with van der Waals surface area (Å²) in [4.78, 5) is 3.92. The maximum absolute atomic E-state index is 11.3. The van der Waals surface area contributed by atoms with Gasteiger partial charge in [-0.3, -0.25) is 0 Å². The first-order valence-corrected chi connectivity index (χ1v) is 8.28. The summed E-state index contributed by atoms with van der Waals surface area (Å²) in [5, 5.41) is 3.28. The molecule has 0 amide bonds. The highest BCUT2D eigenvalue weighted by molar-refractivity contribution is 9.10. The SMILES string of the molecule is CS(=O)(=O)c1ccc(NCc2ccccc2Br)cn1. The Hall–Kier alpha value is -1.40. The molecule has 0 atom stereocenters. The average molecular weight is 341 g/mol. The van der Waals surface area contributed by atoms with Gasteiger partial charge < -0.3 is 5.32 Å². The van der Waals surface area contributed by atoms with Gasteiger partial charge in [0.05, 0.1) is 11.9 Å². The van der Waals surface area contributed by atoms with E-state index >= 15 is 0 Å². The highest BCUT2D eigenvalue weighted by Crippen LogP contribution is 2.17. The third-order valence-electron chi connectivity index (χ3n) is 2.56. The second kappa shape index (κ2) is 5.71. The van der Waals surface area contributed by atoms with E-state index in [1.54, 1.807) is 6.07 Å². The van der Waals surface area contributed by atoms with Crippen LogP contribution in [0.15, 0.2) is 52.1 Å². The molecule has 2 aromatic rings. The standard InChI is InChI=1S/C13H13BrN2O2S/c1-19(17,18)13-7-6-11(9-16-13)15-8-10-4-2-3-5-12(10)14/h2-7,9,15H,8H2,1H3. The lowest BCUT2D eigenvalue weighted by molar-refractivity contribution is 0.598. The van der Waals surface area contributed by atoms with Crippen LogP contribution >= 0.6 is 15.9 Å². The highest BCUT2D eigenvalue weighted by Gasteiger charge is 2.07. The van der Waals surface area contributed by atoms with Crippen molar-refractivity contribution in [2.24, 2.45) is 0 Å². The zero-order chi connectivity index (χ0) is 13.9. The van der Waals surface area contributed by atoms with Crippen LogP contribution in [-0.4, -0.2) is 19.7 Å². The molecule has 100 valence electrons. The first-order chi connectivity index (χ1) is 8.97. The molecule has 0 bridgehead atoms. The minimum Gasteiger partial charge on any atom is -0.380 e. The zero-order valence-electron chi connectivity index (χ0n) is 10.3. The Labute approximate surface area is 120 Å². The van der Waals surface area contributed by atoms with Gasteiger partial charge >= 0.3 is 0 Å². The van der Waals surface area contributed by atoms with Crippen molar-refractivity contribution in [1.82, 2.24) is 4.98 Å². The van der Waals surface area contributed by atoms with Crippen LogP contribution in [0.5, 0.6) is 0 Å². The van der Waals surface area contributed by atoms with E-state index in [2.05, 4.69) is 26.2 Å². The number of rotatable bonds is 4. The molecule has 0 saturated heterocycles. The maximum Gasteiger partial charge on any atom is 0.192 e. The summed E-state index contributed by atoms with van der Waals surface area (Å²) in [5.74, 6) is 0. The lowest BCUT2D eigenvalue weighted by atomic mass is 10.2. The normalized spacial score (nSPS) is 11.3. The molecule has 4 nitrogen and oxygen atoms in total. The Kier molecular flexibility index (Phi) is 4.21. The number of hydrogen-bond acceptors (Lipinski definition) is 4. The first kappa shape index (κ1) is 14.0. The monoisotopic (exact) mass is 340 g/mol. The van der Waals surface area contributed by atoms with Crippen molar-refractivity contribution in [3.63, 3.8) is 0 Å². The molecule has 1 aromatic carbocycles. The Morgan fingerprint density at radius 1 is 1.21 bits per heavy atom. The third kappa shape index (κ3) is 3.78. The van der Waals surface area contributed by atoms with Gasteiger partial charge in [-0.1, -0.05) is 34.1 Å². The van der Waals surface area contributed by atoms with Gasteiger partial charge in [0.25, 0.3) is 0 Å². The number of nitrogens with one attached hydrogen (secondary N) is 1. The van der Waals surface area contributed by atoms with Crippen molar-refractivity contribution in [1.29, 1.82) is 0 Å². The second-order valence-corrected chi connectivity index (χ2v) is 6.92. The zero-order valence-corrected chi connectivity index (χ0v) is 12.7. The molecule has 6 heteroatoms. The minimum absolute atomic E-state index is 0.0824. The Morgan fingerprint density at radius 2 is 1.95 bits per heavy atom. The fourth-order valence-electron chi connectivity index (χ4n) is 1.54. The largest absolute Gasteiger partial charge is 0.380 e. The molecule has 1 aromatic heterocycles. The van der Waals surface area contributed by atoms with Gasteiger partial charge in [-0.2, -0.15) is 0 Å². The highest BCUT2D eigenvalue weighted by atomic mass is 79.9. The second-order valence-electron chi connectivity index (χ2n) is 4.10. The molecule has 1 heterocycles. The summed E-state index contributed by atoms with van der Waals surface area (Å²) >= 11 is 3.47. The summed E-state index contributed by atoms with van der Waals surface area (Å²) in [6.45, 7) is 0.640. The Bertz CT molecular complexity index is 669. The molecule has 0 fully saturated rings. The number of sulfone groups is 1. The van der Waals surface area contributed by atoms with E-state index in [4.69, 9.17) is 0 Å². The number of nitrogens with zero attached hydrogens (tertiary/aromatic N) is 1. The quantitative estimate of drug-likeness (QED) is 0.929. The van der Waals surface area contributed by atoms with Gasteiger partial charge in [0.15, 0.2) is 14.9 Å². The van der Waals surface area contributed by atoms with Crippen LogP contribution in [0.1, 0.15) is 5.56 Å². The number of aromatic nitrogens is 1. The third-order valence-corrected chi connectivity index (χ3v) is 4.33. The van der Waals surface area contributed by atoms with Crippen LogP contribution in [0.4, 0.5) is 5.69 Å². The number of benzene rings is 1. The van der Waals surface area contributed by atoms with Crippen molar-refractivity contribution in [3.8, 4) is 0 Å². The molecule has 0 aliphatic rings. The maximum atomic E-state index is 11.3. The van der Waals surface area contributed by atoms with Gasteiger partial charge in [0, 0.05) is 17.3 Å². The molecule has 19 heavy (non-hydrogen) atoms. The van der Waals surface area contributed by atoms with Crippen molar-refractivity contribution < 1.29 is 8.42 Å². The van der Waals surface area contributed by atoms with Crippen molar-refractivity contribution in [3.05, 3.63) is 52.6 Å². The smallest absolute Gasteiger partial charge is 0.192 e. The fraction of sp³-hybridized carbons (Fsp3) is 0.154. The molecule has 0 unspecified atom stereocenters. The first-order valence-electron chi connectivity index (χ1n) is 5.60. The molecule has 0 aliphatic heterocycles. The molecular weight excluding hydrogens is 328 g/mol. The number of anilines is 1. The van der Waals surface area contributed by atoms with E-state index in [9.17, 15) is 8.42 Å². The van der Waals surface area contributed by atoms with Crippen molar-refractivity contribution >= 4 is 31.5 Å². The topological polar surface area (TPSA) is 59.1 Å². The van der Waals surface area contributed by atoms with Crippen molar-refractivity contribution in [2.75, 3.05) is 11.6 Å². The van der Waals surface area contributed by atoms with Crippen LogP contribution in [-0.2, 0) is 16.4 Å². The van der Waals surface area contributed by atoms with E-state index in [0.29, 0.717) is 6.54 Å². The molecular formula is C13H13BrN2O2S. The predicted molar refractivity (Wildman–Crippen MR) is 78.8 cm³/mol. The van der Waals surface area contributed by atoms with Gasteiger partial charge in [-0.05, 0) is 23.8 Å².